The number of fused-ring (bicyclic) bond motifs is 1. The number of esters is 1. The van der Waals surface area contributed by atoms with Crippen LogP contribution >= 0.6 is 0 Å². The summed E-state index contributed by atoms with van der Waals surface area (Å²) in [6.45, 7) is 5.41. The van der Waals surface area contributed by atoms with E-state index >= 15 is 0 Å². The predicted molar refractivity (Wildman–Crippen MR) is 69.7 cm³/mol. The van der Waals surface area contributed by atoms with Crippen LogP contribution in [0.2, 0.25) is 0 Å². The molecule has 0 bridgehead atoms. The molecule has 19 heavy (non-hydrogen) atoms. The van der Waals surface area contributed by atoms with E-state index < -0.39 is 11.6 Å². The number of hydrogen-bond donors (Lipinski definition) is 0. The first-order chi connectivity index (χ1) is 8.90. The Labute approximate surface area is 112 Å². The van der Waals surface area contributed by atoms with Crippen LogP contribution in [0.5, 0.6) is 0 Å². The number of ether oxygens (including phenoxy) is 2. The van der Waals surface area contributed by atoms with E-state index in [1.807, 2.05) is 6.07 Å². The largest absolute Gasteiger partial charge is 0.488 e. The van der Waals surface area contributed by atoms with Gasteiger partial charge in [0.05, 0.1) is 12.3 Å². The van der Waals surface area contributed by atoms with Gasteiger partial charge in [0.15, 0.2) is 0 Å². The summed E-state index contributed by atoms with van der Waals surface area (Å²) in [6.07, 6.45) is 3.24. The van der Waals surface area contributed by atoms with Gasteiger partial charge in [0.2, 0.25) is 0 Å². The summed E-state index contributed by atoms with van der Waals surface area (Å²) in [5.74, 6) is -0.439. The number of aldehydes is 1. The Balaban J connectivity index is 1.85. The normalized spacial score (nSPS) is 16.9. The van der Waals surface area contributed by atoms with Crippen LogP contribution in [0.25, 0.3) is 0 Å². The molecule has 1 aromatic rings. The van der Waals surface area contributed by atoms with Crippen molar-refractivity contribution in [3.8, 4) is 0 Å². The van der Waals surface area contributed by atoms with Gasteiger partial charge in [-0.25, -0.2) is 4.79 Å². The van der Waals surface area contributed by atoms with E-state index in [0.717, 1.165) is 17.4 Å². The molecule has 0 amide bonds. The number of benzene rings is 1. The lowest BCUT2D eigenvalue weighted by molar-refractivity contribution is -0.148. The molecule has 1 atom stereocenters. The van der Waals surface area contributed by atoms with E-state index in [-0.39, 0.29) is 6.10 Å². The zero-order valence-corrected chi connectivity index (χ0v) is 11.2. The highest BCUT2D eigenvalue weighted by atomic mass is 16.6. The zero-order chi connectivity index (χ0) is 14.0. The van der Waals surface area contributed by atoms with Gasteiger partial charge in [0, 0.05) is 16.7 Å². The molecule has 1 aliphatic rings. The fraction of sp³-hybridized carbons (Fsp3) is 0.333. The third-order valence-electron chi connectivity index (χ3n) is 2.55. The molecule has 0 heterocycles. The van der Waals surface area contributed by atoms with Gasteiger partial charge in [-0.3, -0.25) is 4.79 Å². The minimum atomic E-state index is -0.511. The minimum Gasteiger partial charge on any atom is -0.488 e. The second-order valence-electron chi connectivity index (χ2n) is 5.36. The monoisotopic (exact) mass is 260 g/mol. The van der Waals surface area contributed by atoms with E-state index in [0.29, 0.717) is 5.56 Å². The van der Waals surface area contributed by atoms with Crippen molar-refractivity contribution in [3.05, 3.63) is 47.2 Å². The molecule has 4 nitrogen and oxygen atoms in total. The lowest BCUT2D eigenvalue weighted by Gasteiger charge is -2.17. The zero-order valence-electron chi connectivity index (χ0n) is 11.2. The highest BCUT2D eigenvalue weighted by molar-refractivity contribution is 5.82. The van der Waals surface area contributed by atoms with Crippen molar-refractivity contribution in [2.75, 3.05) is 0 Å². The summed E-state index contributed by atoms with van der Waals surface area (Å²) >= 11 is 0. The average molecular weight is 260 g/mol. The molecule has 1 aromatic carbocycles. The first kappa shape index (κ1) is 13.3. The third kappa shape index (κ3) is 3.44. The van der Waals surface area contributed by atoms with Gasteiger partial charge in [-0.1, -0.05) is 12.1 Å². The van der Waals surface area contributed by atoms with Crippen molar-refractivity contribution >= 4 is 12.3 Å². The van der Waals surface area contributed by atoms with E-state index in [2.05, 4.69) is 0 Å². The Morgan fingerprint density at radius 3 is 2.63 bits per heavy atom. The molecule has 1 aliphatic carbocycles. The maximum absolute atomic E-state index is 11.4. The summed E-state index contributed by atoms with van der Waals surface area (Å²) in [4.78, 5) is 22.0. The molecule has 0 spiro atoms. The Morgan fingerprint density at radius 1 is 1.26 bits per heavy atom. The number of carbonyl (C=O) groups excluding carboxylic acids is 2. The van der Waals surface area contributed by atoms with Gasteiger partial charge in [0.25, 0.3) is 0 Å². The van der Waals surface area contributed by atoms with E-state index in [1.165, 1.54) is 12.3 Å². The van der Waals surface area contributed by atoms with Crippen LogP contribution in [0.3, 0.4) is 0 Å². The molecule has 2 rings (SSSR count). The summed E-state index contributed by atoms with van der Waals surface area (Å²) in [7, 11) is 0. The average Bonchev–Trinajstić information content (AvgIpc) is 2.99. The van der Waals surface area contributed by atoms with Crippen LogP contribution in [0.15, 0.2) is 30.5 Å². The maximum atomic E-state index is 11.4. The Morgan fingerprint density at radius 2 is 2.00 bits per heavy atom. The molecule has 1 unspecified atom stereocenters. The van der Waals surface area contributed by atoms with E-state index in [4.69, 9.17) is 9.47 Å². The summed E-state index contributed by atoms with van der Waals surface area (Å²) in [5.41, 5.74) is 2.14. The maximum Gasteiger partial charge on any atom is 0.334 e. The first-order valence-corrected chi connectivity index (χ1v) is 6.05. The van der Waals surface area contributed by atoms with E-state index in [9.17, 15) is 9.59 Å². The number of carbonyl (C=O) groups is 2. The van der Waals surface area contributed by atoms with Crippen molar-refractivity contribution in [1.82, 2.24) is 0 Å². The molecule has 0 aliphatic heterocycles. The smallest absolute Gasteiger partial charge is 0.334 e. The van der Waals surface area contributed by atoms with E-state index in [1.54, 1.807) is 32.9 Å². The number of hydrogen-bond acceptors (Lipinski definition) is 4. The van der Waals surface area contributed by atoms with Gasteiger partial charge in [-0.05, 0) is 26.8 Å². The van der Waals surface area contributed by atoms with Crippen molar-refractivity contribution in [2.24, 2.45) is 0 Å². The SMILES string of the molecule is CC(C)(C)OC(=O)/C=C/OC1c2ccc(C=O)cc21. The van der Waals surface area contributed by atoms with Crippen molar-refractivity contribution < 1.29 is 19.1 Å². The highest BCUT2D eigenvalue weighted by Crippen LogP contribution is 2.44. The molecule has 0 N–H and O–H groups in total. The molecule has 0 aromatic heterocycles. The Kier molecular flexibility index (Phi) is 3.42. The molecule has 100 valence electrons. The topological polar surface area (TPSA) is 52.6 Å². The van der Waals surface area contributed by atoms with Crippen LogP contribution in [-0.4, -0.2) is 17.9 Å². The van der Waals surface area contributed by atoms with Gasteiger partial charge < -0.3 is 9.47 Å². The van der Waals surface area contributed by atoms with Crippen molar-refractivity contribution in [1.29, 1.82) is 0 Å². The summed E-state index contributed by atoms with van der Waals surface area (Å²) in [6, 6.07) is 5.38. The van der Waals surface area contributed by atoms with Gasteiger partial charge in [-0.15, -0.1) is 0 Å². The quantitative estimate of drug-likeness (QED) is 0.361. The first-order valence-electron chi connectivity index (χ1n) is 6.05. The van der Waals surface area contributed by atoms with Crippen molar-refractivity contribution in [2.45, 2.75) is 32.5 Å². The Hall–Kier alpha value is -2.10. The molecule has 4 heteroatoms. The molecular weight excluding hydrogens is 244 g/mol. The van der Waals surface area contributed by atoms with Crippen LogP contribution < -0.4 is 0 Å². The lowest BCUT2D eigenvalue weighted by Crippen LogP contribution is -2.22. The molecule has 0 radical (unpaired) electrons. The van der Waals surface area contributed by atoms with Gasteiger partial charge >= 0.3 is 5.97 Å². The standard InChI is InChI=1S/C15H16O4/c1-15(2,3)19-13(17)6-7-18-14-11-5-4-10(9-16)8-12(11)14/h4-9,14H,1-3H3/b7-6+. The van der Waals surface area contributed by atoms with Crippen LogP contribution in [0.4, 0.5) is 0 Å². The van der Waals surface area contributed by atoms with Crippen LogP contribution in [0, 0.1) is 0 Å². The number of rotatable bonds is 4. The van der Waals surface area contributed by atoms with Crippen molar-refractivity contribution in [3.63, 3.8) is 0 Å². The summed E-state index contributed by atoms with van der Waals surface area (Å²) in [5, 5.41) is 0. The highest BCUT2D eigenvalue weighted by Gasteiger charge is 2.33. The van der Waals surface area contributed by atoms with Crippen LogP contribution in [-0.2, 0) is 14.3 Å². The minimum absolute atomic E-state index is 0.146. The molecule has 0 fully saturated rings. The molecule has 0 saturated carbocycles. The summed E-state index contributed by atoms with van der Waals surface area (Å²) < 4.78 is 10.5. The fourth-order valence-electron chi connectivity index (χ4n) is 1.72. The molecular formula is C15H16O4. The van der Waals surface area contributed by atoms with Gasteiger partial charge in [-0.2, -0.15) is 0 Å². The second kappa shape index (κ2) is 4.88. The third-order valence-corrected chi connectivity index (χ3v) is 2.55. The second-order valence-corrected chi connectivity index (χ2v) is 5.36. The Bertz CT molecular complexity index is 538. The van der Waals surface area contributed by atoms with Crippen LogP contribution in [0.1, 0.15) is 48.4 Å². The molecule has 0 saturated heterocycles. The lowest BCUT2D eigenvalue weighted by atomic mass is 10.2. The fourth-order valence-corrected chi connectivity index (χ4v) is 1.72. The van der Waals surface area contributed by atoms with Gasteiger partial charge in [0.1, 0.15) is 18.0 Å². The predicted octanol–water partition coefficient (Wildman–Crippen LogP) is 2.77.